The number of aliphatic carboxylic acids is 1. The molecule has 4 N–H and O–H groups in total. The highest BCUT2D eigenvalue weighted by Crippen LogP contribution is 2.45. The van der Waals surface area contributed by atoms with Gasteiger partial charge in [-0.1, -0.05) is 44.1 Å². The highest BCUT2D eigenvalue weighted by molar-refractivity contribution is 5.96. The molecule has 0 aromatic heterocycles. The van der Waals surface area contributed by atoms with Gasteiger partial charge in [-0.3, -0.25) is 14.4 Å². The van der Waals surface area contributed by atoms with Gasteiger partial charge in [-0.2, -0.15) is 0 Å². The first kappa shape index (κ1) is 28.4. The summed E-state index contributed by atoms with van der Waals surface area (Å²) in [6.45, 7) is 7.56. The van der Waals surface area contributed by atoms with Gasteiger partial charge >= 0.3 is 12.0 Å². The van der Waals surface area contributed by atoms with E-state index in [1.807, 2.05) is 12.2 Å². The van der Waals surface area contributed by atoms with Crippen LogP contribution in [0.1, 0.15) is 71.6 Å². The number of allylic oxidation sites excluding steroid dienone is 1. The number of carbonyl (C=O) groups is 5. The van der Waals surface area contributed by atoms with Crippen LogP contribution in [0.4, 0.5) is 4.79 Å². The molecule has 4 atom stereocenters. The zero-order valence-electron chi connectivity index (χ0n) is 21.9. The van der Waals surface area contributed by atoms with Crippen LogP contribution >= 0.6 is 0 Å². The fraction of sp³-hybridized carbons (Fsp3) is 0.667. The second kappa shape index (κ2) is 12.4. The first-order chi connectivity index (χ1) is 17.6. The number of nitrogens with one attached hydrogen (secondary N) is 3. The maximum absolute atomic E-state index is 13.0. The molecule has 3 rings (SSSR count). The lowest BCUT2D eigenvalue weighted by atomic mass is 10.0. The molecule has 204 valence electrons. The third kappa shape index (κ3) is 7.20. The van der Waals surface area contributed by atoms with Crippen molar-refractivity contribution in [2.75, 3.05) is 13.1 Å². The lowest BCUT2D eigenvalue weighted by Crippen LogP contribution is -2.55. The molecule has 1 aliphatic heterocycles. The second-order valence-electron chi connectivity index (χ2n) is 10.5. The normalized spacial score (nSPS) is 25.4. The van der Waals surface area contributed by atoms with Crippen LogP contribution in [0.25, 0.3) is 0 Å². The maximum atomic E-state index is 13.0. The molecule has 3 fully saturated rings. The lowest BCUT2D eigenvalue weighted by molar-refractivity contribution is -0.145. The van der Waals surface area contributed by atoms with Crippen LogP contribution < -0.4 is 16.0 Å². The van der Waals surface area contributed by atoms with Gasteiger partial charge in [-0.25, -0.2) is 9.59 Å². The number of likely N-dealkylation sites (tertiary alicyclic amines) is 1. The van der Waals surface area contributed by atoms with E-state index < -0.39 is 41.4 Å². The number of hydrogen-bond acceptors (Lipinski definition) is 5. The molecule has 1 heterocycles. The van der Waals surface area contributed by atoms with Crippen LogP contribution in [0.2, 0.25) is 0 Å². The number of Topliss-reactive ketones (excluding diaryl/α,β-unsaturated/α-hetero) is 1. The van der Waals surface area contributed by atoms with E-state index in [1.54, 1.807) is 6.92 Å². The molecule has 0 spiro atoms. The molecular weight excluding hydrogens is 476 g/mol. The van der Waals surface area contributed by atoms with E-state index in [0.717, 1.165) is 38.5 Å². The number of ketones is 1. The van der Waals surface area contributed by atoms with Crippen LogP contribution in [-0.4, -0.2) is 70.3 Å². The van der Waals surface area contributed by atoms with Gasteiger partial charge < -0.3 is 26.0 Å². The fourth-order valence-electron chi connectivity index (χ4n) is 4.86. The van der Waals surface area contributed by atoms with Crippen molar-refractivity contribution in [2.45, 2.75) is 89.3 Å². The van der Waals surface area contributed by atoms with E-state index >= 15 is 0 Å². The molecular formula is C27H40N4O6. The number of rotatable bonds is 14. The molecule has 0 radical (unpaired) electrons. The summed E-state index contributed by atoms with van der Waals surface area (Å²) in [6, 6.07) is -2.25. The van der Waals surface area contributed by atoms with Gasteiger partial charge in [0.2, 0.25) is 11.8 Å². The third-order valence-electron chi connectivity index (χ3n) is 7.39. The number of unbranched alkanes of at least 4 members (excludes halogenated alkanes) is 3. The molecule has 3 aliphatic rings. The van der Waals surface area contributed by atoms with Gasteiger partial charge in [0, 0.05) is 18.4 Å². The lowest BCUT2D eigenvalue weighted by Gasteiger charge is -2.26. The number of nitrogens with zero attached hydrogens (tertiary/aromatic N) is 1. The SMILES string of the molecule is C=C(C)[C@H](NC(=O)NCC(=O)N1CCC[C@H]1C(=O)N[C@]1(C(=O)O)CC1/C=C\CCCCC)C(=O)C1CC1. The van der Waals surface area contributed by atoms with Crippen LogP contribution in [0.15, 0.2) is 24.3 Å². The van der Waals surface area contributed by atoms with Crippen molar-refractivity contribution in [3.05, 3.63) is 24.3 Å². The number of carboxylic acid groups (broad SMARTS) is 1. The van der Waals surface area contributed by atoms with E-state index in [0.29, 0.717) is 31.4 Å². The van der Waals surface area contributed by atoms with Crippen molar-refractivity contribution >= 4 is 29.6 Å². The average Bonchev–Trinajstić information content (AvgIpc) is 3.77. The van der Waals surface area contributed by atoms with Gasteiger partial charge in [-0.15, -0.1) is 0 Å². The Bertz CT molecular complexity index is 959. The number of carboxylic acids is 1. The van der Waals surface area contributed by atoms with Gasteiger partial charge in [0.15, 0.2) is 5.78 Å². The Balaban J connectivity index is 1.51. The van der Waals surface area contributed by atoms with Crippen molar-refractivity contribution in [1.82, 2.24) is 20.9 Å². The van der Waals surface area contributed by atoms with E-state index in [2.05, 4.69) is 29.5 Å². The first-order valence-electron chi connectivity index (χ1n) is 13.4. The minimum Gasteiger partial charge on any atom is -0.479 e. The van der Waals surface area contributed by atoms with E-state index in [4.69, 9.17) is 0 Å². The van der Waals surface area contributed by atoms with Gasteiger partial charge in [0.05, 0.1) is 6.54 Å². The molecule has 10 heteroatoms. The van der Waals surface area contributed by atoms with E-state index in [1.165, 1.54) is 4.90 Å². The standard InChI is InChI=1S/C27H40N4O6/c1-4-5-6-7-8-10-19-15-27(19,25(35)36)30-24(34)20-11-9-14-31(20)21(32)16-28-26(37)29-22(17(2)3)23(33)18-12-13-18/h8,10,18-20,22H,2,4-7,9,11-16H2,1,3H3,(H,30,34)(H,35,36)(H2,28,29,37)/b10-8-/t19?,20-,22-,27+/m0/s1. The molecule has 2 saturated carbocycles. The Morgan fingerprint density at radius 3 is 2.51 bits per heavy atom. The summed E-state index contributed by atoms with van der Waals surface area (Å²) < 4.78 is 0. The number of carbonyl (C=O) groups excluding carboxylic acids is 4. The summed E-state index contributed by atoms with van der Waals surface area (Å²) >= 11 is 0. The topological polar surface area (TPSA) is 145 Å². The predicted molar refractivity (Wildman–Crippen MR) is 138 cm³/mol. The monoisotopic (exact) mass is 516 g/mol. The molecule has 1 unspecified atom stereocenters. The molecule has 4 amide bonds. The molecule has 0 aromatic rings. The zero-order chi connectivity index (χ0) is 27.2. The summed E-state index contributed by atoms with van der Waals surface area (Å²) in [7, 11) is 0. The van der Waals surface area contributed by atoms with Crippen molar-refractivity contribution in [1.29, 1.82) is 0 Å². The summed E-state index contributed by atoms with van der Waals surface area (Å²) in [5.41, 5.74) is -0.810. The van der Waals surface area contributed by atoms with Crippen molar-refractivity contribution in [3.8, 4) is 0 Å². The largest absolute Gasteiger partial charge is 0.479 e. The minimum atomic E-state index is -1.33. The van der Waals surface area contributed by atoms with Crippen LogP contribution in [0.3, 0.4) is 0 Å². The van der Waals surface area contributed by atoms with Crippen LogP contribution in [0, 0.1) is 11.8 Å². The van der Waals surface area contributed by atoms with Crippen molar-refractivity contribution < 1.29 is 29.1 Å². The Labute approximate surface area is 218 Å². The third-order valence-corrected chi connectivity index (χ3v) is 7.39. The van der Waals surface area contributed by atoms with Crippen molar-refractivity contribution in [2.24, 2.45) is 11.8 Å². The highest BCUT2D eigenvalue weighted by atomic mass is 16.4. The minimum absolute atomic E-state index is 0.0517. The molecule has 2 aliphatic carbocycles. The summed E-state index contributed by atoms with van der Waals surface area (Å²) in [5.74, 6) is -2.41. The Kier molecular flexibility index (Phi) is 9.50. The smallest absolute Gasteiger partial charge is 0.330 e. The first-order valence-corrected chi connectivity index (χ1v) is 13.4. The second-order valence-corrected chi connectivity index (χ2v) is 10.5. The molecule has 10 nitrogen and oxygen atoms in total. The average molecular weight is 517 g/mol. The number of urea groups is 1. The molecule has 0 aromatic carbocycles. The zero-order valence-corrected chi connectivity index (χ0v) is 21.9. The molecule has 1 saturated heterocycles. The highest BCUT2D eigenvalue weighted by Gasteiger charge is 2.61. The van der Waals surface area contributed by atoms with Crippen LogP contribution in [0.5, 0.6) is 0 Å². The van der Waals surface area contributed by atoms with E-state index in [-0.39, 0.29) is 24.2 Å². The Morgan fingerprint density at radius 2 is 1.89 bits per heavy atom. The molecule has 37 heavy (non-hydrogen) atoms. The quantitative estimate of drug-likeness (QED) is 0.206. The van der Waals surface area contributed by atoms with Gasteiger partial charge in [0.1, 0.15) is 17.6 Å². The Morgan fingerprint density at radius 1 is 1.16 bits per heavy atom. The van der Waals surface area contributed by atoms with Gasteiger partial charge in [-0.05, 0) is 51.9 Å². The molecule has 0 bridgehead atoms. The summed E-state index contributed by atoms with van der Waals surface area (Å²) in [5, 5.41) is 17.6. The van der Waals surface area contributed by atoms with Gasteiger partial charge in [0.25, 0.3) is 0 Å². The maximum Gasteiger partial charge on any atom is 0.330 e. The predicted octanol–water partition coefficient (Wildman–Crippen LogP) is 2.30. The van der Waals surface area contributed by atoms with Crippen LogP contribution in [-0.2, 0) is 19.2 Å². The Hall–Kier alpha value is -3.17. The van der Waals surface area contributed by atoms with E-state index in [9.17, 15) is 29.1 Å². The summed E-state index contributed by atoms with van der Waals surface area (Å²) in [6.07, 6.45) is 11.0. The number of hydrogen-bond donors (Lipinski definition) is 4. The number of amides is 4. The van der Waals surface area contributed by atoms with Crippen molar-refractivity contribution in [3.63, 3.8) is 0 Å². The summed E-state index contributed by atoms with van der Waals surface area (Å²) in [4.78, 5) is 64.0. The fourth-order valence-corrected chi connectivity index (χ4v) is 4.86.